The second kappa shape index (κ2) is 23.9. The minimum absolute atomic E-state index is 0.122. The zero-order valence-electron chi connectivity index (χ0n) is 48.6. The Morgan fingerprint density at radius 2 is 0.602 bits per heavy atom. The number of rotatable bonds is 18. The molecule has 2 heterocycles. The molecule has 0 saturated heterocycles. The number of para-hydroxylation sites is 2. The lowest BCUT2D eigenvalue weighted by molar-refractivity contribution is 0.536. The van der Waals surface area contributed by atoms with Crippen molar-refractivity contribution in [3.8, 4) is 66.8 Å². The van der Waals surface area contributed by atoms with Crippen LogP contribution in [0.2, 0.25) is 0 Å². The fourth-order valence-electron chi connectivity index (χ4n) is 13.5. The maximum atomic E-state index is 2.77. The molecule has 0 saturated carbocycles. The van der Waals surface area contributed by atoms with Crippen LogP contribution in [-0.2, 0) is 12.8 Å². The van der Waals surface area contributed by atoms with Crippen LogP contribution in [0.3, 0.4) is 0 Å². The number of fused-ring (bicyclic) bond motifs is 4. The van der Waals surface area contributed by atoms with Gasteiger partial charge in [-0.3, -0.25) is 0 Å². The molecule has 0 N–H and O–H groups in total. The molecular weight excluding hydrogens is 1000 g/mol. The molecule has 2 nitrogen and oxygen atoms in total. The number of hydrogen-bond acceptors (Lipinski definition) is 2. The first-order valence-corrected chi connectivity index (χ1v) is 30.5. The van der Waals surface area contributed by atoms with Crippen LogP contribution in [0.25, 0.3) is 66.8 Å². The Bertz CT molecular complexity index is 3650. The minimum Gasteiger partial charge on any atom is -0.310 e. The van der Waals surface area contributed by atoms with Crippen molar-refractivity contribution >= 4 is 57.2 Å². The third kappa shape index (κ3) is 10.6. The van der Waals surface area contributed by atoms with Crippen molar-refractivity contribution in [1.29, 1.82) is 0 Å². The van der Waals surface area contributed by atoms with Gasteiger partial charge in [-0.2, -0.15) is 0 Å². The van der Waals surface area contributed by atoms with E-state index in [1.165, 1.54) is 154 Å². The molecule has 83 heavy (non-hydrogen) atoms. The quantitative estimate of drug-likeness (QED) is 0.0624. The molecule has 2 aliphatic rings. The van der Waals surface area contributed by atoms with Crippen LogP contribution in [-0.4, -0.2) is 6.71 Å². The third-order valence-corrected chi connectivity index (χ3v) is 17.4. The van der Waals surface area contributed by atoms with Crippen LogP contribution in [0.1, 0.15) is 77.3 Å². The number of hydrogen-bond donors (Lipinski definition) is 0. The normalized spacial score (nSPS) is 12.4. The molecule has 0 aliphatic carbocycles. The van der Waals surface area contributed by atoms with Gasteiger partial charge in [0.15, 0.2) is 0 Å². The Morgan fingerprint density at radius 3 is 0.916 bits per heavy atom. The first-order chi connectivity index (χ1) is 40.9. The molecule has 2 aliphatic heterocycles. The van der Waals surface area contributed by atoms with Crippen molar-refractivity contribution in [1.82, 2.24) is 0 Å². The second-order valence-corrected chi connectivity index (χ2v) is 23.8. The van der Waals surface area contributed by atoms with E-state index in [0.29, 0.717) is 11.8 Å². The largest absolute Gasteiger partial charge is 0.310 e. The highest BCUT2D eigenvalue weighted by Gasteiger charge is 2.47. The van der Waals surface area contributed by atoms with E-state index >= 15 is 0 Å². The zero-order chi connectivity index (χ0) is 56.2. The first-order valence-electron chi connectivity index (χ1n) is 30.5. The van der Waals surface area contributed by atoms with E-state index in [0.717, 1.165) is 25.7 Å². The summed E-state index contributed by atoms with van der Waals surface area (Å²) < 4.78 is 0. The summed E-state index contributed by atoms with van der Waals surface area (Å²) in [5.74, 6) is 1.28. The van der Waals surface area contributed by atoms with Gasteiger partial charge in [0.05, 0.1) is 11.4 Å². The van der Waals surface area contributed by atoms with Gasteiger partial charge in [0.2, 0.25) is 0 Å². The average molecular weight is 1070 g/mol. The third-order valence-electron chi connectivity index (χ3n) is 17.4. The van der Waals surface area contributed by atoms with Crippen LogP contribution < -0.4 is 26.2 Å². The van der Waals surface area contributed by atoms with Crippen molar-refractivity contribution < 1.29 is 0 Å². The summed E-state index contributed by atoms with van der Waals surface area (Å²) in [6.45, 7) is 9.39. The molecule has 11 aromatic rings. The smallest absolute Gasteiger partial charge is 0.252 e. The molecule has 406 valence electrons. The van der Waals surface area contributed by atoms with Crippen molar-refractivity contribution in [2.24, 2.45) is 11.8 Å². The molecule has 0 amide bonds. The van der Waals surface area contributed by atoms with Gasteiger partial charge < -0.3 is 9.80 Å². The Balaban J connectivity index is 1.22. The summed E-state index contributed by atoms with van der Waals surface area (Å²) in [6.07, 6.45) is 8.91. The summed E-state index contributed by atoms with van der Waals surface area (Å²) in [4.78, 5) is 5.55. The molecule has 0 fully saturated rings. The fraction of sp³-hybridized carbons (Fsp3) is 0.175. The lowest BCUT2D eigenvalue weighted by Gasteiger charge is -2.47. The van der Waals surface area contributed by atoms with Gasteiger partial charge in [0.1, 0.15) is 0 Å². The van der Waals surface area contributed by atoms with Crippen LogP contribution in [0.4, 0.5) is 34.1 Å². The number of unbranched alkanes of at least 4 members (excludes halogenated alkanes) is 2. The van der Waals surface area contributed by atoms with Gasteiger partial charge in [-0.1, -0.05) is 302 Å². The van der Waals surface area contributed by atoms with Gasteiger partial charge in [-0.25, -0.2) is 0 Å². The summed E-state index contributed by atoms with van der Waals surface area (Å²) in [5.41, 5.74) is 28.9. The van der Waals surface area contributed by atoms with Gasteiger partial charge >= 0.3 is 0 Å². The van der Waals surface area contributed by atoms with Crippen molar-refractivity contribution in [2.45, 2.75) is 79.1 Å². The maximum absolute atomic E-state index is 2.77. The van der Waals surface area contributed by atoms with Crippen LogP contribution in [0.15, 0.2) is 261 Å². The van der Waals surface area contributed by atoms with Crippen molar-refractivity contribution in [3.05, 3.63) is 272 Å². The SMILES string of the molecule is CC(C)CCCCc1cc(CCCCC(C)C)c2c3c1N(c1c(-c4ccccc4)cccc1-c1ccccc1)c1ccc(-c4ccccc4)cc1B3c1cc(-c3ccccc3)ccc1N2c1c(-c2ccccc2)cccc1-c1ccccc1. The monoisotopic (exact) mass is 1070 g/mol. The van der Waals surface area contributed by atoms with Crippen molar-refractivity contribution in [3.63, 3.8) is 0 Å². The van der Waals surface area contributed by atoms with E-state index in [4.69, 9.17) is 0 Å². The molecule has 0 radical (unpaired) electrons. The highest BCUT2D eigenvalue weighted by atomic mass is 15.2. The number of nitrogens with zero attached hydrogens (tertiary/aromatic N) is 2. The van der Waals surface area contributed by atoms with Crippen LogP contribution in [0, 0.1) is 11.8 Å². The van der Waals surface area contributed by atoms with E-state index in [9.17, 15) is 0 Å². The number of aryl methyl sites for hydroxylation is 2. The van der Waals surface area contributed by atoms with Crippen LogP contribution in [0.5, 0.6) is 0 Å². The maximum Gasteiger partial charge on any atom is 0.252 e. The summed E-state index contributed by atoms with van der Waals surface area (Å²) in [6, 6.07) is 98.3. The molecule has 13 rings (SSSR count). The Morgan fingerprint density at radius 1 is 0.289 bits per heavy atom. The Hall–Kier alpha value is -8.92. The van der Waals surface area contributed by atoms with Gasteiger partial charge in [-0.15, -0.1) is 0 Å². The highest BCUT2D eigenvalue weighted by Crippen LogP contribution is 2.55. The van der Waals surface area contributed by atoms with E-state index in [2.05, 4.69) is 298 Å². The molecule has 3 heteroatoms. The Labute approximate surface area is 493 Å². The predicted octanol–water partition coefficient (Wildman–Crippen LogP) is 20.5. The van der Waals surface area contributed by atoms with E-state index in [-0.39, 0.29) is 6.71 Å². The van der Waals surface area contributed by atoms with Gasteiger partial charge in [0.25, 0.3) is 6.71 Å². The number of anilines is 6. The summed E-state index contributed by atoms with van der Waals surface area (Å²) >= 11 is 0. The van der Waals surface area contributed by atoms with E-state index < -0.39 is 0 Å². The minimum atomic E-state index is -0.122. The summed E-state index contributed by atoms with van der Waals surface area (Å²) in [7, 11) is 0. The number of benzene rings is 11. The lowest BCUT2D eigenvalue weighted by atomic mass is 9.33. The molecular formula is C80H73BN2. The standard InChI is InChI=1S/C80H73BN2/c1-56(2)29-23-25-43-66-53-67(44-26-24-30-57(3)4)78-76-77(66)82(79-68(60-35-15-7-16-36-60)45-27-46-69(79)61-37-17-8-18-38-61)74-51-49-64(58-31-11-5-12-32-58)54-72(74)81(76)73-55-65(59-33-13-6-14-34-59)50-52-75(73)83(78)80-70(62-39-19-9-20-40-62)47-28-48-71(80)63-41-21-10-22-42-63/h5-22,27-28,31-42,45-57H,23-26,29-30,43-44H2,1-4H3. The topological polar surface area (TPSA) is 6.48 Å². The lowest BCUT2D eigenvalue weighted by Crippen LogP contribution is -2.62. The fourth-order valence-corrected chi connectivity index (χ4v) is 13.5. The predicted molar refractivity (Wildman–Crippen MR) is 358 cm³/mol. The molecule has 0 spiro atoms. The molecule has 11 aromatic carbocycles. The molecule has 0 aromatic heterocycles. The Kier molecular flexibility index (Phi) is 15.4. The average Bonchev–Trinajstić information content (AvgIpc) is 3.15. The van der Waals surface area contributed by atoms with Gasteiger partial charge in [0, 0.05) is 45.0 Å². The first kappa shape index (κ1) is 53.4. The zero-order valence-corrected chi connectivity index (χ0v) is 48.6. The van der Waals surface area contributed by atoms with Gasteiger partial charge in [-0.05, 0) is 122 Å². The molecule has 0 unspecified atom stereocenters. The summed E-state index contributed by atoms with van der Waals surface area (Å²) in [5, 5.41) is 0. The van der Waals surface area contributed by atoms with Crippen LogP contribution >= 0.6 is 0 Å². The van der Waals surface area contributed by atoms with Crippen molar-refractivity contribution in [2.75, 3.05) is 9.80 Å². The molecule has 0 atom stereocenters. The highest BCUT2D eigenvalue weighted by molar-refractivity contribution is 7.00. The molecule has 0 bridgehead atoms. The second-order valence-electron chi connectivity index (χ2n) is 23.8. The van der Waals surface area contributed by atoms with E-state index in [1.807, 2.05) is 0 Å². The van der Waals surface area contributed by atoms with E-state index in [1.54, 1.807) is 0 Å².